The van der Waals surface area contributed by atoms with Gasteiger partial charge in [-0.3, -0.25) is 0 Å². The number of hydrogen-bond acceptors (Lipinski definition) is 4. The van der Waals surface area contributed by atoms with E-state index in [1.807, 2.05) is 25.1 Å². The summed E-state index contributed by atoms with van der Waals surface area (Å²) >= 11 is 6.90. The average molecular weight is 377 g/mol. The zero-order chi connectivity index (χ0) is 18.4. The van der Waals surface area contributed by atoms with Crippen LogP contribution in [0.2, 0.25) is 0 Å². The molecule has 2 aromatic rings. The molecular formula is C19H24N2O2S2. The predicted molar refractivity (Wildman–Crippen MR) is 110 cm³/mol. The molecule has 1 aromatic heterocycles. The van der Waals surface area contributed by atoms with Crippen molar-refractivity contribution in [2.75, 3.05) is 17.7 Å². The summed E-state index contributed by atoms with van der Waals surface area (Å²) < 4.78 is 4.84. The first-order valence-electron chi connectivity index (χ1n) is 8.37. The van der Waals surface area contributed by atoms with Crippen molar-refractivity contribution in [3.8, 4) is 0 Å². The van der Waals surface area contributed by atoms with E-state index in [0.29, 0.717) is 21.6 Å². The lowest BCUT2D eigenvalue weighted by atomic mass is 9.99. The third-order valence-electron chi connectivity index (χ3n) is 4.11. The summed E-state index contributed by atoms with van der Waals surface area (Å²) in [6.07, 6.45) is 1.97. The van der Waals surface area contributed by atoms with E-state index in [0.717, 1.165) is 23.4 Å². The Morgan fingerprint density at radius 1 is 1.24 bits per heavy atom. The highest BCUT2D eigenvalue weighted by atomic mass is 32.1. The molecule has 0 saturated heterocycles. The van der Waals surface area contributed by atoms with Crippen molar-refractivity contribution in [1.29, 1.82) is 0 Å². The number of ether oxygens (including phenoxy) is 1. The molecule has 1 atom stereocenters. The highest BCUT2D eigenvalue weighted by Crippen LogP contribution is 2.29. The van der Waals surface area contributed by atoms with E-state index in [1.54, 1.807) is 0 Å². The topological polar surface area (TPSA) is 50.4 Å². The molecule has 1 aromatic carbocycles. The minimum Gasteiger partial charge on any atom is -0.465 e. The number of anilines is 2. The number of methoxy groups -OCH3 is 1. The Morgan fingerprint density at radius 3 is 2.48 bits per heavy atom. The van der Waals surface area contributed by atoms with Crippen molar-refractivity contribution < 1.29 is 9.53 Å². The monoisotopic (exact) mass is 376 g/mol. The van der Waals surface area contributed by atoms with Crippen LogP contribution in [-0.4, -0.2) is 18.2 Å². The second-order valence-corrected chi connectivity index (χ2v) is 7.36. The number of benzene rings is 1. The quantitative estimate of drug-likeness (QED) is 0.521. The molecule has 0 aliphatic rings. The Bertz CT molecular complexity index is 738. The van der Waals surface area contributed by atoms with Crippen LogP contribution in [0.15, 0.2) is 30.3 Å². The number of rotatable bonds is 6. The van der Waals surface area contributed by atoms with Crippen LogP contribution in [0.4, 0.5) is 10.7 Å². The van der Waals surface area contributed by atoms with Crippen LogP contribution >= 0.6 is 23.6 Å². The maximum atomic E-state index is 11.9. The standard InChI is InChI=1S/C19H24N2O2S2/c1-5-12(3)13-7-9-14(10-8-13)20-19(24)21-17-16(18(22)23-4)11-15(6-2)25-17/h7-12H,5-6H2,1-4H3,(H2,20,21,24). The van der Waals surface area contributed by atoms with Crippen molar-refractivity contribution in [3.63, 3.8) is 0 Å². The van der Waals surface area contributed by atoms with Gasteiger partial charge in [0.25, 0.3) is 0 Å². The third-order valence-corrected chi connectivity index (χ3v) is 5.51. The molecule has 6 heteroatoms. The maximum Gasteiger partial charge on any atom is 0.340 e. The maximum absolute atomic E-state index is 11.9. The number of carbonyl (C=O) groups excluding carboxylic acids is 1. The fraction of sp³-hybridized carbons (Fsp3) is 0.368. The van der Waals surface area contributed by atoms with Crippen molar-refractivity contribution in [2.24, 2.45) is 0 Å². The molecule has 25 heavy (non-hydrogen) atoms. The summed E-state index contributed by atoms with van der Waals surface area (Å²) in [7, 11) is 1.38. The Morgan fingerprint density at radius 2 is 1.92 bits per heavy atom. The van der Waals surface area contributed by atoms with Crippen molar-refractivity contribution >= 4 is 45.3 Å². The third kappa shape index (κ3) is 5.03. The highest BCUT2D eigenvalue weighted by Gasteiger charge is 2.17. The zero-order valence-corrected chi connectivity index (χ0v) is 16.6. The van der Waals surface area contributed by atoms with Gasteiger partial charge in [-0.05, 0) is 54.7 Å². The lowest BCUT2D eigenvalue weighted by Gasteiger charge is -2.12. The van der Waals surface area contributed by atoms with Gasteiger partial charge in [-0.25, -0.2) is 4.79 Å². The van der Waals surface area contributed by atoms with Crippen LogP contribution in [0.3, 0.4) is 0 Å². The number of hydrogen-bond donors (Lipinski definition) is 2. The van der Waals surface area contributed by atoms with Gasteiger partial charge in [0.2, 0.25) is 0 Å². The average Bonchev–Trinajstić information content (AvgIpc) is 3.03. The summed E-state index contributed by atoms with van der Waals surface area (Å²) in [6.45, 7) is 6.44. The first kappa shape index (κ1) is 19.4. The number of esters is 1. The molecule has 0 saturated carbocycles. The Labute approximate surface area is 158 Å². The highest BCUT2D eigenvalue weighted by molar-refractivity contribution is 7.80. The minimum absolute atomic E-state index is 0.362. The molecule has 1 unspecified atom stereocenters. The van der Waals surface area contributed by atoms with Gasteiger partial charge in [-0.2, -0.15) is 0 Å². The van der Waals surface area contributed by atoms with Gasteiger partial charge in [-0.15, -0.1) is 11.3 Å². The van der Waals surface area contributed by atoms with E-state index < -0.39 is 0 Å². The van der Waals surface area contributed by atoms with Gasteiger partial charge in [0.05, 0.1) is 12.7 Å². The molecule has 0 aliphatic heterocycles. The van der Waals surface area contributed by atoms with Crippen LogP contribution in [0.25, 0.3) is 0 Å². The largest absolute Gasteiger partial charge is 0.465 e. The van der Waals surface area contributed by atoms with E-state index in [2.05, 4.69) is 36.6 Å². The second kappa shape index (κ2) is 8.97. The number of carbonyl (C=O) groups is 1. The van der Waals surface area contributed by atoms with Crippen molar-refractivity contribution in [3.05, 3.63) is 46.3 Å². The fourth-order valence-corrected chi connectivity index (χ4v) is 3.64. The van der Waals surface area contributed by atoms with Gasteiger partial charge in [-0.1, -0.05) is 32.9 Å². The first-order valence-corrected chi connectivity index (χ1v) is 9.59. The predicted octanol–water partition coefficient (Wildman–Crippen LogP) is 5.42. The number of thiophene rings is 1. The number of thiocarbonyl (C=S) groups is 1. The molecule has 0 spiro atoms. The van der Waals surface area contributed by atoms with E-state index in [4.69, 9.17) is 17.0 Å². The SMILES string of the molecule is CCc1cc(C(=O)OC)c(NC(=S)Nc2ccc(C(C)CC)cc2)s1. The molecular weight excluding hydrogens is 352 g/mol. The van der Waals surface area contributed by atoms with Crippen LogP contribution in [0.5, 0.6) is 0 Å². The van der Waals surface area contributed by atoms with Crippen molar-refractivity contribution in [1.82, 2.24) is 0 Å². The van der Waals surface area contributed by atoms with E-state index in [-0.39, 0.29) is 5.97 Å². The van der Waals surface area contributed by atoms with E-state index in [9.17, 15) is 4.79 Å². The molecule has 2 N–H and O–H groups in total. The zero-order valence-electron chi connectivity index (χ0n) is 15.0. The van der Waals surface area contributed by atoms with E-state index in [1.165, 1.54) is 24.0 Å². The fourth-order valence-electron chi connectivity index (χ4n) is 2.37. The lowest BCUT2D eigenvalue weighted by Crippen LogP contribution is -2.19. The summed E-state index contributed by atoms with van der Waals surface area (Å²) in [4.78, 5) is 13.0. The van der Waals surface area contributed by atoms with Gasteiger partial charge in [0.15, 0.2) is 5.11 Å². The van der Waals surface area contributed by atoms with Crippen LogP contribution in [0, 0.1) is 0 Å². The molecule has 0 fully saturated rings. The lowest BCUT2D eigenvalue weighted by molar-refractivity contribution is 0.0602. The normalized spacial score (nSPS) is 11.7. The molecule has 1 heterocycles. The van der Waals surface area contributed by atoms with E-state index >= 15 is 0 Å². The van der Waals surface area contributed by atoms with Crippen LogP contribution in [-0.2, 0) is 11.2 Å². The molecule has 0 bridgehead atoms. The Kier molecular flexibility index (Phi) is 6.96. The Hall–Kier alpha value is -1.92. The summed E-state index contributed by atoms with van der Waals surface area (Å²) in [5.41, 5.74) is 2.74. The van der Waals surface area contributed by atoms with Gasteiger partial charge >= 0.3 is 5.97 Å². The summed E-state index contributed by atoms with van der Waals surface area (Å²) in [5.74, 6) is 0.180. The van der Waals surface area contributed by atoms with Gasteiger partial charge in [0, 0.05) is 10.6 Å². The number of aryl methyl sites for hydroxylation is 1. The number of nitrogens with one attached hydrogen (secondary N) is 2. The molecule has 134 valence electrons. The summed E-state index contributed by atoms with van der Waals surface area (Å²) in [6, 6.07) is 10.1. The van der Waals surface area contributed by atoms with Crippen LogP contribution < -0.4 is 10.6 Å². The van der Waals surface area contributed by atoms with Crippen molar-refractivity contribution in [2.45, 2.75) is 39.5 Å². The van der Waals surface area contributed by atoms with Gasteiger partial charge < -0.3 is 15.4 Å². The molecule has 0 aliphatic carbocycles. The first-order chi connectivity index (χ1) is 12.0. The molecule has 0 radical (unpaired) electrons. The molecule has 4 nitrogen and oxygen atoms in total. The Balaban J connectivity index is 2.07. The molecule has 0 amide bonds. The summed E-state index contributed by atoms with van der Waals surface area (Å²) in [5, 5.41) is 7.43. The molecule has 2 rings (SSSR count). The smallest absolute Gasteiger partial charge is 0.340 e. The van der Waals surface area contributed by atoms with Gasteiger partial charge in [0.1, 0.15) is 5.00 Å². The second-order valence-electron chi connectivity index (χ2n) is 5.81. The minimum atomic E-state index is -0.362. The van der Waals surface area contributed by atoms with Crippen LogP contribution in [0.1, 0.15) is 53.9 Å².